The Morgan fingerprint density at radius 3 is 2.62 bits per heavy atom. The maximum Gasteiger partial charge on any atom is 0.248 e. The number of carbonyl (C=O) groups excluding carboxylic acids is 2. The molecule has 0 radical (unpaired) electrons. The van der Waals surface area contributed by atoms with Crippen LogP contribution in [-0.4, -0.2) is 27.3 Å². The van der Waals surface area contributed by atoms with Crippen LogP contribution in [-0.2, 0) is 9.59 Å². The molecule has 2 aliphatic rings. The molecule has 4 nitrogen and oxygen atoms in total. The average molecular weight is 198 g/mol. The van der Waals surface area contributed by atoms with E-state index in [0.29, 0.717) is 5.70 Å². The Balaban J connectivity index is 2.39. The van der Waals surface area contributed by atoms with E-state index in [-0.39, 0.29) is 16.4 Å². The topological polar surface area (TPSA) is 63.4 Å². The summed E-state index contributed by atoms with van der Waals surface area (Å²) >= 11 is 1.15. The molecule has 0 saturated carbocycles. The second-order valence-corrected chi connectivity index (χ2v) is 4.47. The predicted octanol–water partition coefficient (Wildman–Crippen LogP) is 0.0493. The van der Waals surface area contributed by atoms with Crippen molar-refractivity contribution in [2.24, 2.45) is 5.73 Å². The Bertz CT molecular complexity index is 333. The Labute approximate surface area is 80.1 Å². The van der Waals surface area contributed by atoms with Gasteiger partial charge < -0.3 is 5.73 Å². The van der Waals surface area contributed by atoms with Crippen molar-refractivity contribution in [2.45, 2.75) is 25.3 Å². The molecule has 0 spiro atoms. The molecule has 2 atom stereocenters. The van der Waals surface area contributed by atoms with Crippen LogP contribution >= 0.6 is 11.8 Å². The van der Waals surface area contributed by atoms with Gasteiger partial charge in [-0.05, 0) is 19.4 Å². The van der Waals surface area contributed by atoms with E-state index in [2.05, 4.69) is 0 Å². The summed E-state index contributed by atoms with van der Waals surface area (Å²) in [5, 5.41) is -0.184. The van der Waals surface area contributed by atoms with Crippen LogP contribution < -0.4 is 5.73 Å². The number of β-lactam (4-membered cyclic amide) rings is 1. The molecule has 1 amide bonds. The molecule has 2 rings (SSSR count). The van der Waals surface area contributed by atoms with Gasteiger partial charge in [-0.1, -0.05) is 11.8 Å². The standard InChI is InChI=1S/C8H10N2O2S/c1-3(2)5-8(12)13-7-4(9)6(11)10(5)7/h4,7H,9H2,1-2H3/t4-,7-/m1/s1. The summed E-state index contributed by atoms with van der Waals surface area (Å²) in [6, 6.07) is -0.495. The summed E-state index contributed by atoms with van der Waals surface area (Å²) in [5.74, 6) is -0.139. The second kappa shape index (κ2) is 2.59. The largest absolute Gasteiger partial charge is 0.317 e. The van der Waals surface area contributed by atoms with E-state index in [1.54, 1.807) is 0 Å². The van der Waals surface area contributed by atoms with Crippen LogP contribution in [0.3, 0.4) is 0 Å². The number of hydrogen-bond donors (Lipinski definition) is 1. The first-order valence-electron chi connectivity index (χ1n) is 4.01. The monoisotopic (exact) mass is 198 g/mol. The second-order valence-electron chi connectivity index (χ2n) is 3.38. The van der Waals surface area contributed by atoms with Crippen LogP contribution in [0.15, 0.2) is 11.3 Å². The molecule has 70 valence electrons. The molecule has 5 heteroatoms. The quantitative estimate of drug-likeness (QED) is 0.441. The number of allylic oxidation sites excluding steroid dienone is 1. The van der Waals surface area contributed by atoms with Crippen molar-refractivity contribution in [2.75, 3.05) is 0 Å². The van der Waals surface area contributed by atoms with Gasteiger partial charge >= 0.3 is 0 Å². The van der Waals surface area contributed by atoms with Crippen LogP contribution in [0, 0.1) is 0 Å². The minimum Gasteiger partial charge on any atom is -0.317 e. The minimum absolute atomic E-state index is 0.0358. The number of hydrogen-bond acceptors (Lipinski definition) is 4. The van der Waals surface area contributed by atoms with Gasteiger partial charge in [-0.3, -0.25) is 14.5 Å². The summed E-state index contributed by atoms with van der Waals surface area (Å²) in [6.07, 6.45) is 0. The van der Waals surface area contributed by atoms with Crippen molar-refractivity contribution >= 4 is 22.8 Å². The third-order valence-electron chi connectivity index (χ3n) is 2.22. The van der Waals surface area contributed by atoms with Crippen molar-refractivity contribution in [3.8, 4) is 0 Å². The highest BCUT2D eigenvalue weighted by Gasteiger charge is 2.54. The molecule has 0 aromatic rings. The number of amides is 1. The number of fused-ring (bicyclic) bond motifs is 1. The molecule has 0 unspecified atom stereocenters. The van der Waals surface area contributed by atoms with Crippen LogP contribution in [0.2, 0.25) is 0 Å². The molecule has 2 heterocycles. The Morgan fingerprint density at radius 2 is 2.08 bits per heavy atom. The number of carbonyl (C=O) groups is 2. The third kappa shape index (κ3) is 0.971. The average Bonchev–Trinajstić information content (AvgIpc) is 2.39. The maximum atomic E-state index is 11.4. The van der Waals surface area contributed by atoms with Gasteiger partial charge in [-0.25, -0.2) is 0 Å². The SMILES string of the molecule is CC(C)=C1C(=O)S[C@@H]2[C@H](N)C(=O)N12. The van der Waals surface area contributed by atoms with Gasteiger partial charge in [0.25, 0.3) is 0 Å². The Morgan fingerprint density at radius 1 is 1.46 bits per heavy atom. The van der Waals surface area contributed by atoms with Gasteiger partial charge in [-0.2, -0.15) is 0 Å². The molecular weight excluding hydrogens is 188 g/mol. The lowest BCUT2D eigenvalue weighted by molar-refractivity contribution is -0.141. The smallest absolute Gasteiger partial charge is 0.248 e. The zero-order valence-electron chi connectivity index (χ0n) is 7.40. The van der Waals surface area contributed by atoms with Crippen LogP contribution in [0.5, 0.6) is 0 Å². The molecule has 13 heavy (non-hydrogen) atoms. The highest BCUT2D eigenvalue weighted by molar-refractivity contribution is 8.15. The zero-order valence-corrected chi connectivity index (χ0v) is 8.22. The number of nitrogens with zero attached hydrogens (tertiary/aromatic N) is 1. The summed E-state index contributed by atoms with van der Waals surface area (Å²) in [7, 11) is 0. The first kappa shape index (κ1) is 8.77. The first-order valence-corrected chi connectivity index (χ1v) is 4.89. The highest BCUT2D eigenvalue weighted by atomic mass is 32.2. The third-order valence-corrected chi connectivity index (χ3v) is 3.37. The van der Waals surface area contributed by atoms with E-state index in [1.165, 1.54) is 4.90 Å². The maximum absolute atomic E-state index is 11.4. The van der Waals surface area contributed by atoms with E-state index in [1.807, 2.05) is 13.8 Å². The lowest BCUT2D eigenvalue weighted by Crippen LogP contribution is -2.64. The fraction of sp³-hybridized carbons (Fsp3) is 0.500. The van der Waals surface area contributed by atoms with E-state index in [0.717, 1.165) is 17.3 Å². The molecule has 0 aromatic carbocycles. The molecule has 2 aliphatic heterocycles. The summed E-state index contributed by atoms with van der Waals surface area (Å²) in [4.78, 5) is 24.2. The molecule has 0 aliphatic carbocycles. The molecule has 2 N–H and O–H groups in total. The summed E-state index contributed by atoms with van der Waals surface area (Å²) in [5.41, 5.74) is 6.95. The Kier molecular flexibility index (Phi) is 1.75. The van der Waals surface area contributed by atoms with Crippen molar-refractivity contribution in [3.63, 3.8) is 0 Å². The highest BCUT2D eigenvalue weighted by Crippen LogP contribution is 2.42. The fourth-order valence-electron chi connectivity index (χ4n) is 1.56. The predicted molar refractivity (Wildman–Crippen MR) is 49.6 cm³/mol. The van der Waals surface area contributed by atoms with Crippen molar-refractivity contribution in [1.29, 1.82) is 0 Å². The van der Waals surface area contributed by atoms with Gasteiger partial charge in [-0.15, -0.1) is 0 Å². The van der Waals surface area contributed by atoms with Crippen LogP contribution in [0.4, 0.5) is 0 Å². The number of nitrogens with two attached hydrogens (primary N) is 1. The van der Waals surface area contributed by atoms with Crippen LogP contribution in [0.25, 0.3) is 0 Å². The molecule has 2 saturated heterocycles. The lowest BCUT2D eigenvalue weighted by atomic mass is 10.1. The van der Waals surface area contributed by atoms with Crippen molar-refractivity contribution < 1.29 is 9.59 Å². The Hall–Kier alpha value is -0.810. The molecular formula is C8H10N2O2S. The molecule has 0 aromatic heterocycles. The van der Waals surface area contributed by atoms with E-state index < -0.39 is 6.04 Å². The number of thioether (sulfide) groups is 1. The molecule has 0 bridgehead atoms. The van der Waals surface area contributed by atoms with E-state index >= 15 is 0 Å². The van der Waals surface area contributed by atoms with Crippen LogP contribution in [0.1, 0.15) is 13.8 Å². The fourth-order valence-corrected chi connectivity index (χ4v) is 2.77. The van der Waals surface area contributed by atoms with Gasteiger partial charge in [0.05, 0.1) is 5.70 Å². The van der Waals surface area contributed by atoms with Crippen molar-refractivity contribution in [3.05, 3.63) is 11.3 Å². The van der Waals surface area contributed by atoms with Gasteiger partial charge in [0.15, 0.2) is 0 Å². The van der Waals surface area contributed by atoms with Crippen molar-refractivity contribution in [1.82, 2.24) is 4.90 Å². The normalized spacial score (nSPS) is 31.9. The van der Waals surface area contributed by atoms with E-state index in [4.69, 9.17) is 5.73 Å². The summed E-state index contributed by atoms with van der Waals surface area (Å²) < 4.78 is 0. The number of rotatable bonds is 0. The van der Waals surface area contributed by atoms with Gasteiger partial charge in [0, 0.05) is 0 Å². The first-order chi connectivity index (χ1) is 6.04. The van der Waals surface area contributed by atoms with E-state index in [9.17, 15) is 9.59 Å². The minimum atomic E-state index is -0.495. The lowest BCUT2D eigenvalue weighted by Gasteiger charge is -2.38. The van der Waals surface area contributed by atoms with Gasteiger partial charge in [0.2, 0.25) is 11.0 Å². The molecule has 2 fully saturated rings. The summed E-state index contributed by atoms with van der Waals surface area (Å²) in [6.45, 7) is 3.65. The zero-order chi connectivity index (χ0) is 9.75. The van der Waals surface area contributed by atoms with Gasteiger partial charge in [0.1, 0.15) is 11.4 Å².